The van der Waals surface area contributed by atoms with E-state index in [2.05, 4.69) is 33.7 Å². The number of piperidine rings is 1. The number of hydrogen-bond acceptors (Lipinski definition) is 4. The van der Waals surface area contributed by atoms with E-state index >= 15 is 0 Å². The Balaban J connectivity index is 1.60. The van der Waals surface area contributed by atoms with E-state index in [4.69, 9.17) is 23.8 Å². The molecule has 0 saturated carbocycles. The first-order chi connectivity index (χ1) is 13.5. The lowest BCUT2D eigenvalue weighted by Crippen LogP contribution is -2.31. The van der Waals surface area contributed by atoms with E-state index in [1.165, 1.54) is 48.6 Å². The van der Waals surface area contributed by atoms with E-state index in [1.54, 1.807) is 0 Å². The zero-order chi connectivity index (χ0) is 19.9. The number of nitrogens with zero attached hydrogens (tertiary/aromatic N) is 2. The van der Waals surface area contributed by atoms with Crippen molar-refractivity contribution in [1.29, 1.82) is 0 Å². The van der Waals surface area contributed by atoms with Gasteiger partial charge in [0.2, 0.25) is 0 Å². The van der Waals surface area contributed by atoms with Gasteiger partial charge >= 0.3 is 0 Å². The Hall–Kier alpha value is -2.22. The standard InChI is InChI=1S/C20H23ClN4O2S/c21-18-9-8-17(25(26)27)12-19(18)23-20(28)22-13-15-6-2-3-7-16(15)14-24-10-4-1-5-11-24/h2-3,6-9,12H,1,4-5,10-11,13-14H2,(H2,22,23,28). The molecule has 2 N–H and O–H groups in total. The van der Waals surface area contributed by atoms with Crippen LogP contribution in [0.15, 0.2) is 42.5 Å². The third-order valence-electron chi connectivity index (χ3n) is 4.81. The van der Waals surface area contributed by atoms with Crippen molar-refractivity contribution in [2.45, 2.75) is 32.4 Å². The molecule has 0 unspecified atom stereocenters. The van der Waals surface area contributed by atoms with Gasteiger partial charge in [0, 0.05) is 25.2 Å². The molecule has 1 aliphatic rings. The van der Waals surface area contributed by atoms with E-state index in [-0.39, 0.29) is 5.69 Å². The van der Waals surface area contributed by atoms with E-state index in [0.29, 0.717) is 22.4 Å². The van der Waals surface area contributed by atoms with Crippen LogP contribution >= 0.6 is 23.8 Å². The highest BCUT2D eigenvalue weighted by atomic mass is 35.5. The van der Waals surface area contributed by atoms with Gasteiger partial charge in [0.05, 0.1) is 15.6 Å². The van der Waals surface area contributed by atoms with Gasteiger partial charge in [-0.2, -0.15) is 0 Å². The summed E-state index contributed by atoms with van der Waals surface area (Å²) in [6, 6.07) is 12.5. The average Bonchev–Trinajstić information content (AvgIpc) is 2.69. The minimum absolute atomic E-state index is 0.0402. The number of halogens is 1. The highest BCUT2D eigenvalue weighted by Crippen LogP contribution is 2.26. The summed E-state index contributed by atoms with van der Waals surface area (Å²) in [6.45, 7) is 3.80. The molecule has 1 saturated heterocycles. The minimum Gasteiger partial charge on any atom is -0.358 e. The Kier molecular flexibility index (Phi) is 7.19. The molecule has 0 radical (unpaired) electrons. The second-order valence-electron chi connectivity index (χ2n) is 6.83. The SMILES string of the molecule is O=[N+]([O-])c1ccc(Cl)c(NC(=S)NCc2ccccc2CN2CCCCC2)c1. The second-order valence-corrected chi connectivity index (χ2v) is 7.65. The fourth-order valence-corrected chi connectivity index (χ4v) is 3.65. The first kappa shape index (κ1) is 20.5. The Morgan fingerprint density at radius 1 is 1.14 bits per heavy atom. The van der Waals surface area contributed by atoms with Gasteiger partial charge in [-0.05, 0) is 55.3 Å². The van der Waals surface area contributed by atoms with Crippen molar-refractivity contribution < 1.29 is 4.92 Å². The van der Waals surface area contributed by atoms with Crippen molar-refractivity contribution >= 4 is 40.3 Å². The molecule has 0 aliphatic carbocycles. The largest absolute Gasteiger partial charge is 0.358 e. The summed E-state index contributed by atoms with van der Waals surface area (Å²) in [7, 11) is 0. The van der Waals surface area contributed by atoms with Gasteiger partial charge < -0.3 is 10.6 Å². The average molecular weight is 419 g/mol. The molecule has 1 aliphatic heterocycles. The van der Waals surface area contributed by atoms with Gasteiger partial charge in [-0.25, -0.2) is 0 Å². The lowest BCUT2D eigenvalue weighted by Gasteiger charge is -2.27. The van der Waals surface area contributed by atoms with Crippen LogP contribution in [0.2, 0.25) is 5.02 Å². The van der Waals surface area contributed by atoms with Crippen LogP contribution in [-0.4, -0.2) is 28.0 Å². The maximum Gasteiger partial charge on any atom is 0.271 e. The van der Waals surface area contributed by atoms with Gasteiger partial charge in [0.1, 0.15) is 0 Å². The lowest BCUT2D eigenvalue weighted by atomic mass is 10.0. The number of non-ortho nitro benzene ring substituents is 1. The van der Waals surface area contributed by atoms with Gasteiger partial charge in [-0.15, -0.1) is 0 Å². The number of rotatable bonds is 6. The molecule has 2 aromatic rings. The van der Waals surface area contributed by atoms with Gasteiger partial charge in [-0.3, -0.25) is 15.0 Å². The summed E-state index contributed by atoms with van der Waals surface area (Å²) in [5.41, 5.74) is 2.84. The molecule has 1 heterocycles. The first-order valence-corrected chi connectivity index (χ1v) is 10.1. The zero-order valence-electron chi connectivity index (χ0n) is 15.5. The molecular weight excluding hydrogens is 396 g/mol. The topological polar surface area (TPSA) is 70.4 Å². The maximum atomic E-state index is 10.9. The number of nitrogens with one attached hydrogen (secondary N) is 2. The smallest absolute Gasteiger partial charge is 0.271 e. The van der Waals surface area contributed by atoms with Crippen molar-refractivity contribution in [3.63, 3.8) is 0 Å². The Bertz CT molecular complexity index is 856. The fourth-order valence-electron chi connectivity index (χ4n) is 3.31. The van der Waals surface area contributed by atoms with E-state index < -0.39 is 4.92 Å². The first-order valence-electron chi connectivity index (χ1n) is 9.31. The quantitative estimate of drug-likeness (QED) is 0.402. The monoisotopic (exact) mass is 418 g/mol. The summed E-state index contributed by atoms with van der Waals surface area (Å²) in [6.07, 6.45) is 3.84. The van der Waals surface area contributed by atoms with Gasteiger partial charge in [0.15, 0.2) is 5.11 Å². The highest BCUT2D eigenvalue weighted by Gasteiger charge is 2.13. The summed E-state index contributed by atoms with van der Waals surface area (Å²) < 4.78 is 0. The Morgan fingerprint density at radius 3 is 2.57 bits per heavy atom. The number of likely N-dealkylation sites (tertiary alicyclic amines) is 1. The van der Waals surface area contributed by atoms with Crippen LogP contribution in [0, 0.1) is 10.1 Å². The van der Waals surface area contributed by atoms with Crippen molar-refractivity contribution in [3.8, 4) is 0 Å². The molecule has 2 aromatic carbocycles. The number of hydrogen-bond donors (Lipinski definition) is 2. The summed E-state index contributed by atoms with van der Waals surface area (Å²) in [5, 5.41) is 17.8. The van der Waals surface area contributed by atoms with Crippen molar-refractivity contribution in [3.05, 3.63) is 68.7 Å². The third-order valence-corrected chi connectivity index (χ3v) is 5.39. The normalized spacial score (nSPS) is 14.5. The summed E-state index contributed by atoms with van der Waals surface area (Å²) in [4.78, 5) is 13.0. The van der Waals surface area contributed by atoms with Crippen molar-refractivity contribution in [2.75, 3.05) is 18.4 Å². The summed E-state index contributed by atoms with van der Waals surface area (Å²) in [5.74, 6) is 0. The number of benzene rings is 2. The van der Waals surface area contributed by atoms with Crippen LogP contribution in [0.3, 0.4) is 0 Å². The Labute approximate surface area is 175 Å². The predicted molar refractivity (Wildman–Crippen MR) is 117 cm³/mol. The molecule has 0 spiro atoms. The van der Waals surface area contributed by atoms with Gasteiger partial charge in [0.25, 0.3) is 5.69 Å². The Morgan fingerprint density at radius 2 is 1.86 bits per heavy atom. The van der Waals surface area contributed by atoms with E-state index in [9.17, 15) is 10.1 Å². The molecule has 3 rings (SSSR count). The molecule has 28 heavy (non-hydrogen) atoms. The number of thiocarbonyl (C=S) groups is 1. The van der Waals surface area contributed by atoms with Crippen LogP contribution in [0.1, 0.15) is 30.4 Å². The van der Waals surface area contributed by atoms with E-state index in [1.807, 2.05) is 6.07 Å². The summed E-state index contributed by atoms with van der Waals surface area (Å²) >= 11 is 11.5. The molecule has 148 valence electrons. The van der Waals surface area contributed by atoms with Crippen LogP contribution in [0.25, 0.3) is 0 Å². The molecule has 6 nitrogen and oxygen atoms in total. The lowest BCUT2D eigenvalue weighted by molar-refractivity contribution is -0.384. The zero-order valence-corrected chi connectivity index (χ0v) is 17.1. The second kappa shape index (κ2) is 9.82. The predicted octanol–water partition coefficient (Wildman–Crippen LogP) is 4.72. The molecule has 1 fully saturated rings. The van der Waals surface area contributed by atoms with Gasteiger partial charge in [-0.1, -0.05) is 42.3 Å². The maximum absolute atomic E-state index is 10.9. The van der Waals surface area contributed by atoms with Crippen LogP contribution in [-0.2, 0) is 13.1 Å². The number of anilines is 1. The molecular formula is C20H23ClN4O2S. The fraction of sp³-hybridized carbons (Fsp3) is 0.350. The molecule has 0 atom stereocenters. The highest BCUT2D eigenvalue weighted by molar-refractivity contribution is 7.80. The third kappa shape index (κ3) is 5.64. The van der Waals surface area contributed by atoms with E-state index in [0.717, 1.165) is 19.6 Å². The van der Waals surface area contributed by atoms with Crippen LogP contribution in [0.5, 0.6) is 0 Å². The molecule has 0 aromatic heterocycles. The molecule has 0 amide bonds. The number of nitro groups is 1. The van der Waals surface area contributed by atoms with Crippen LogP contribution in [0.4, 0.5) is 11.4 Å². The van der Waals surface area contributed by atoms with Crippen molar-refractivity contribution in [2.24, 2.45) is 0 Å². The van der Waals surface area contributed by atoms with Crippen molar-refractivity contribution in [1.82, 2.24) is 10.2 Å². The molecule has 8 heteroatoms. The minimum atomic E-state index is -0.463. The van der Waals surface area contributed by atoms with Crippen LogP contribution < -0.4 is 10.6 Å². The number of nitro benzene ring substituents is 1. The molecule has 0 bridgehead atoms.